The Morgan fingerprint density at radius 2 is 2.21 bits per heavy atom. The van der Waals surface area contributed by atoms with Crippen LogP contribution in [0.15, 0.2) is 29.8 Å². The van der Waals surface area contributed by atoms with E-state index in [-0.39, 0.29) is 12.5 Å². The van der Waals surface area contributed by atoms with E-state index in [1.807, 2.05) is 4.90 Å². The Balaban J connectivity index is 1.66. The number of allylic oxidation sites excluding steroid dienone is 1. The third-order valence-corrected chi connectivity index (χ3v) is 6.17. The Morgan fingerprint density at radius 1 is 1.41 bits per heavy atom. The van der Waals surface area contributed by atoms with Crippen molar-refractivity contribution in [3.05, 3.63) is 41.2 Å². The van der Waals surface area contributed by atoms with E-state index in [4.69, 9.17) is 4.74 Å². The molecule has 3 rings (SSSR count). The molecule has 0 bridgehead atoms. The third kappa shape index (κ3) is 5.27. The van der Waals surface area contributed by atoms with E-state index < -0.39 is 21.9 Å². The van der Waals surface area contributed by atoms with Crippen molar-refractivity contribution in [1.29, 1.82) is 0 Å². The standard InChI is InChI=1S/C19H25FN4O4S/c1-3-8-29(26,27)22-9-13-11-24(12-17(13)25)7-6-14-15(20)10-21-16-4-5-18(28-2)23-19(14)16/h3-5,8,10,13,17,22,25H,6-7,9,11-12H2,1-2H3/b8-3+. The highest BCUT2D eigenvalue weighted by Gasteiger charge is 2.31. The van der Waals surface area contributed by atoms with Gasteiger partial charge in [0.05, 0.1) is 30.4 Å². The Labute approximate surface area is 169 Å². The maximum Gasteiger partial charge on any atom is 0.233 e. The molecule has 2 aromatic rings. The first-order valence-corrected chi connectivity index (χ1v) is 10.9. The zero-order valence-electron chi connectivity index (χ0n) is 16.4. The maximum absolute atomic E-state index is 14.4. The molecule has 2 N–H and O–H groups in total. The number of likely N-dealkylation sites (tertiary alicyclic amines) is 1. The van der Waals surface area contributed by atoms with Gasteiger partial charge in [-0.15, -0.1) is 0 Å². The number of pyridine rings is 2. The van der Waals surface area contributed by atoms with Gasteiger partial charge in [0.15, 0.2) is 0 Å². The molecule has 0 amide bonds. The fraction of sp³-hybridized carbons (Fsp3) is 0.474. The predicted octanol–water partition coefficient (Wildman–Crippen LogP) is 1.07. The average Bonchev–Trinajstić information content (AvgIpc) is 3.05. The second-order valence-electron chi connectivity index (χ2n) is 7.01. The van der Waals surface area contributed by atoms with Gasteiger partial charge in [0.25, 0.3) is 0 Å². The van der Waals surface area contributed by atoms with E-state index in [9.17, 15) is 17.9 Å². The van der Waals surface area contributed by atoms with Crippen LogP contribution in [0.3, 0.4) is 0 Å². The Hall–Kier alpha value is -2.14. The van der Waals surface area contributed by atoms with Crippen molar-refractivity contribution in [2.75, 3.05) is 33.3 Å². The van der Waals surface area contributed by atoms with Crippen molar-refractivity contribution >= 4 is 21.1 Å². The number of sulfonamides is 1. The van der Waals surface area contributed by atoms with Crippen molar-refractivity contribution in [3.8, 4) is 5.88 Å². The van der Waals surface area contributed by atoms with Crippen LogP contribution in [-0.4, -0.2) is 67.8 Å². The summed E-state index contributed by atoms with van der Waals surface area (Å²) < 4.78 is 45.5. The largest absolute Gasteiger partial charge is 0.481 e. The summed E-state index contributed by atoms with van der Waals surface area (Å²) in [6.45, 7) is 3.19. The Bertz CT molecular complexity index is 999. The molecule has 1 aliphatic heterocycles. The summed E-state index contributed by atoms with van der Waals surface area (Å²) in [6, 6.07) is 3.41. The summed E-state index contributed by atoms with van der Waals surface area (Å²) in [5.41, 5.74) is 1.49. The molecule has 158 valence electrons. The van der Waals surface area contributed by atoms with Gasteiger partial charge in [0.1, 0.15) is 5.82 Å². The number of hydrogen-bond acceptors (Lipinski definition) is 7. The second kappa shape index (κ2) is 9.12. The number of aromatic nitrogens is 2. The summed E-state index contributed by atoms with van der Waals surface area (Å²) in [4.78, 5) is 10.4. The van der Waals surface area contributed by atoms with Gasteiger partial charge in [-0.2, -0.15) is 0 Å². The molecule has 2 aromatic heterocycles. The molecule has 1 aliphatic rings. The first-order chi connectivity index (χ1) is 13.8. The van der Waals surface area contributed by atoms with Crippen LogP contribution < -0.4 is 9.46 Å². The van der Waals surface area contributed by atoms with E-state index in [1.165, 1.54) is 19.4 Å². The van der Waals surface area contributed by atoms with Gasteiger partial charge in [-0.3, -0.25) is 4.98 Å². The molecule has 2 atom stereocenters. The van der Waals surface area contributed by atoms with Crippen molar-refractivity contribution in [2.45, 2.75) is 19.4 Å². The molecule has 8 nitrogen and oxygen atoms in total. The molecule has 2 unspecified atom stereocenters. The summed E-state index contributed by atoms with van der Waals surface area (Å²) in [5.74, 6) is -0.280. The summed E-state index contributed by atoms with van der Waals surface area (Å²) >= 11 is 0. The van der Waals surface area contributed by atoms with Crippen LogP contribution in [0.5, 0.6) is 5.88 Å². The lowest BCUT2D eigenvalue weighted by atomic mass is 10.1. The van der Waals surface area contributed by atoms with E-state index in [0.29, 0.717) is 48.5 Å². The summed E-state index contributed by atoms with van der Waals surface area (Å²) in [7, 11) is -1.99. The molecular formula is C19H25FN4O4S. The van der Waals surface area contributed by atoms with Crippen LogP contribution in [0.1, 0.15) is 12.5 Å². The van der Waals surface area contributed by atoms with Gasteiger partial charge >= 0.3 is 0 Å². The topological polar surface area (TPSA) is 105 Å². The first kappa shape index (κ1) is 21.6. The number of hydrogen-bond donors (Lipinski definition) is 2. The number of aliphatic hydroxyl groups excluding tert-OH is 1. The summed E-state index contributed by atoms with van der Waals surface area (Å²) in [5, 5.41) is 11.4. The van der Waals surface area contributed by atoms with Crippen molar-refractivity contribution in [1.82, 2.24) is 19.6 Å². The summed E-state index contributed by atoms with van der Waals surface area (Å²) in [6.07, 6.45) is 2.36. The van der Waals surface area contributed by atoms with E-state index in [1.54, 1.807) is 19.1 Å². The van der Waals surface area contributed by atoms with Crippen LogP contribution >= 0.6 is 0 Å². The van der Waals surface area contributed by atoms with E-state index >= 15 is 0 Å². The molecule has 1 saturated heterocycles. The van der Waals surface area contributed by atoms with E-state index in [0.717, 1.165) is 5.41 Å². The minimum atomic E-state index is -3.49. The quantitative estimate of drug-likeness (QED) is 0.653. The Morgan fingerprint density at radius 3 is 2.93 bits per heavy atom. The monoisotopic (exact) mass is 424 g/mol. The molecule has 0 aliphatic carbocycles. The third-order valence-electron chi connectivity index (χ3n) is 4.97. The highest BCUT2D eigenvalue weighted by molar-refractivity contribution is 7.92. The number of rotatable bonds is 8. The van der Waals surface area contributed by atoms with Gasteiger partial charge in [-0.05, 0) is 19.4 Å². The lowest BCUT2D eigenvalue weighted by molar-refractivity contribution is 0.143. The molecule has 0 aromatic carbocycles. The predicted molar refractivity (Wildman–Crippen MR) is 107 cm³/mol. The van der Waals surface area contributed by atoms with E-state index in [2.05, 4.69) is 14.7 Å². The molecule has 0 saturated carbocycles. The van der Waals surface area contributed by atoms with Crippen molar-refractivity contribution < 1.29 is 22.7 Å². The number of aliphatic hydroxyl groups is 1. The number of β-amino-alcohol motifs (C(OH)–C–C–N with tert-alkyl or cyclic N) is 1. The number of fused-ring (bicyclic) bond motifs is 1. The van der Waals surface area contributed by atoms with Gasteiger partial charge in [0, 0.05) is 49.1 Å². The molecule has 3 heterocycles. The molecule has 10 heteroatoms. The number of nitrogens with one attached hydrogen (secondary N) is 1. The lowest BCUT2D eigenvalue weighted by Crippen LogP contribution is -2.33. The highest BCUT2D eigenvalue weighted by atomic mass is 32.2. The first-order valence-electron chi connectivity index (χ1n) is 9.34. The SMILES string of the molecule is C/C=C/S(=O)(=O)NCC1CN(CCc2c(F)cnc3ccc(OC)nc23)CC1O. The number of halogens is 1. The normalized spacial score (nSPS) is 20.7. The zero-order chi connectivity index (χ0) is 21.0. The minimum Gasteiger partial charge on any atom is -0.481 e. The molecule has 0 radical (unpaired) electrons. The van der Waals surface area contributed by atoms with Gasteiger partial charge in [0.2, 0.25) is 15.9 Å². The Kier molecular flexibility index (Phi) is 6.78. The van der Waals surface area contributed by atoms with Crippen LogP contribution in [0, 0.1) is 11.7 Å². The van der Waals surface area contributed by atoms with Crippen LogP contribution in [0.4, 0.5) is 4.39 Å². The number of methoxy groups -OCH3 is 1. The van der Waals surface area contributed by atoms with Gasteiger partial charge in [-0.25, -0.2) is 22.5 Å². The molecule has 29 heavy (non-hydrogen) atoms. The van der Waals surface area contributed by atoms with Crippen LogP contribution in [0.2, 0.25) is 0 Å². The van der Waals surface area contributed by atoms with Crippen LogP contribution in [-0.2, 0) is 16.4 Å². The smallest absolute Gasteiger partial charge is 0.233 e. The molecular weight excluding hydrogens is 399 g/mol. The number of ether oxygens (including phenoxy) is 1. The second-order valence-corrected chi connectivity index (χ2v) is 8.66. The van der Waals surface area contributed by atoms with Crippen molar-refractivity contribution in [3.63, 3.8) is 0 Å². The maximum atomic E-state index is 14.4. The van der Waals surface area contributed by atoms with Gasteiger partial charge in [-0.1, -0.05) is 6.08 Å². The minimum absolute atomic E-state index is 0.148. The highest BCUT2D eigenvalue weighted by Crippen LogP contribution is 2.23. The molecule has 1 fully saturated rings. The molecule has 0 spiro atoms. The lowest BCUT2D eigenvalue weighted by Gasteiger charge is -2.16. The average molecular weight is 424 g/mol. The zero-order valence-corrected chi connectivity index (χ0v) is 17.2. The number of nitrogens with zero attached hydrogens (tertiary/aromatic N) is 3. The fourth-order valence-corrected chi connectivity index (χ4v) is 4.37. The van der Waals surface area contributed by atoms with Crippen molar-refractivity contribution in [2.24, 2.45) is 5.92 Å². The fourth-order valence-electron chi connectivity index (χ4n) is 3.47. The van der Waals surface area contributed by atoms with Crippen LogP contribution in [0.25, 0.3) is 11.0 Å². The van der Waals surface area contributed by atoms with Gasteiger partial charge < -0.3 is 14.7 Å².